The number of aromatic nitrogens is 3. The smallest absolute Gasteiger partial charge is 0.222 e. The molecule has 2 heterocycles. The zero-order valence-corrected chi connectivity index (χ0v) is 14.2. The first-order valence-corrected chi connectivity index (χ1v) is 8.16. The van der Waals surface area contributed by atoms with Crippen LogP contribution < -0.4 is 5.32 Å². The first-order chi connectivity index (χ1) is 11.6. The lowest BCUT2D eigenvalue weighted by atomic mass is 9.98. The maximum Gasteiger partial charge on any atom is 0.222 e. The minimum absolute atomic E-state index is 0.0240. The normalized spacial score (nSPS) is 12.7. The van der Waals surface area contributed by atoms with Gasteiger partial charge in [0.25, 0.3) is 0 Å². The van der Waals surface area contributed by atoms with E-state index < -0.39 is 0 Å². The molecule has 6 nitrogen and oxygen atoms in total. The van der Waals surface area contributed by atoms with Crippen LogP contribution in [0.25, 0.3) is 11.0 Å². The van der Waals surface area contributed by atoms with Crippen LogP contribution in [0.5, 0.6) is 0 Å². The quantitative estimate of drug-likeness (QED) is 0.755. The number of hydrogen-bond donors (Lipinski definition) is 1. The number of nitrogens with one attached hydrogen (secondary N) is 1. The summed E-state index contributed by atoms with van der Waals surface area (Å²) in [4.78, 5) is 16.2. The third kappa shape index (κ3) is 3.32. The number of benzene rings is 1. The van der Waals surface area contributed by atoms with Gasteiger partial charge in [-0.05, 0) is 18.9 Å². The summed E-state index contributed by atoms with van der Waals surface area (Å²) in [6.07, 6.45) is 3.43. The lowest BCUT2D eigenvalue weighted by molar-refractivity contribution is -0.122. The van der Waals surface area contributed by atoms with E-state index in [0.29, 0.717) is 13.0 Å². The van der Waals surface area contributed by atoms with Crippen molar-refractivity contribution in [2.45, 2.75) is 39.8 Å². The standard InChI is InChI=1S/C18H22N4O2/c1-12(2)17(21-16(23)8-9-22-11-19-10-20-22)18-13(3)14-6-4-5-7-15(14)24-18/h4-7,10-12,17H,8-9H2,1-3H3,(H,21,23). The van der Waals surface area contributed by atoms with Crippen LogP contribution in [-0.4, -0.2) is 20.7 Å². The molecule has 0 aliphatic heterocycles. The largest absolute Gasteiger partial charge is 0.459 e. The van der Waals surface area contributed by atoms with Crippen LogP contribution in [0.3, 0.4) is 0 Å². The second kappa shape index (κ2) is 6.86. The van der Waals surface area contributed by atoms with Gasteiger partial charge >= 0.3 is 0 Å². The summed E-state index contributed by atoms with van der Waals surface area (Å²) in [6.45, 7) is 6.71. The fraction of sp³-hybridized carbons (Fsp3) is 0.389. The van der Waals surface area contributed by atoms with Crippen molar-refractivity contribution in [2.75, 3.05) is 0 Å². The molecule has 0 aliphatic rings. The highest BCUT2D eigenvalue weighted by molar-refractivity contribution is 5.82. The number of carbonyl (C=O) groups excluding carboxylic acids is 1. The van der Waals surface area contributed by atoms with Gasteiger partial charge in [0.05, 0.1) is 12.6 Å². The van der Waals surface area contributed by atoms with Gasteiger partial charge in [0.2, 0.25) is 5.91 Å². The van der Waals surface area contributed by atoms with Gasteiger partial charge in [0.15, 0.2) is 0 Å². The molecule has 0 bridgehead atoms. The third-order valence-electron chi connectivity index (χ3n) is 4.18. The molecule has 0 spiro atoms. The van der Waals surface area contributed by atoms with Crippen LogP contribution >= 0.6 is 0 Å². The molecular formula is C18H22N4O2. The summed E-state index contributed by atoms with van der Waals surface area (Å²) in [5.74, 6) is 1.03. The molecule has 3 rings (SSSR count). The molecule has 24 heavy (non-hydrogen) atoms. The highest BCUT2D eigenvalue weighted by Gasteiger charge is 2.24. The van der Waals surface area contributed by atoms with Crippen LogP contribution in [0.1, 0.15) is 37.6 Å². The van der Waals surface area contributed by atoms with Gasteiger partial charge in [-0.1, -0.05) is 32.0 Å². The summed E-state index contributed by atoms with van der Waals surface area (Å²) < 4.78 is 7.68. The van der Waals surface area contributed by atoms with Gasteiger partial charge < -0.3 is 9.73 Å². The van der Waals surface area contributed by atoms with Crippen molar-refractivity contribution >= 4 is 16.9 Å². The number of hydrogen-bond acceptors (Lipinski definition) is 4. The number of carbonyl (C=O) groups is 1. The molecule has 1 N–H and O–H groups in total. The number of fused-ring (bicyclic) bond motifs is 1. The van der Waals surface area contributed by atoms with E-state index in [-0.39, 0.29) is 17.9 Å². The lowest BCUT2D eigenvalue weighted by Gasteiger charge is -2.21. The van der Waals surface area contributed by atoms with E-state index in [9.17, 15) is 4.79 Å². The van der Waals surface area contributed by atoms with Gasteiger partial charge in [0, 0.05) is 17.4 Å². The van der Waals surface area contributed by atoms with Gasteiger partial charge in [-0.3, -0.25) is 9.48 Å². The van der Waals surface area contributed by atoms with Crippen molar-refractivity contribution in [1.82, 2.24) is 20.1 Å². The minimum atomic E-state index is -0.152. The Bertz CT molecular complexity index is 821. The van der Waals surface area contributed by atoms with E-state index in [2.05, 4.69) is 29.2 Å². The number of amides is 1. The molecule has 0 saturated heterocycles. The van der Waals surface area contributed by atoms with E-state index >= 15 is 0 Å². The van der Waals surface area contributed by atoms with E-state index in [4.69, 9.17) is 4.42 Å². The molecule has 6 heteroatoms. The van der Waals surface area contributed by atoms with Crippen molar-refractivity contribution in [1.29, 1.82) is 0 Å². The Morgan fingerprint density at radius 3 is 2.79 bits per heavy atom. The summed E-state index contributed by atoms with van der Waals surface area (Å²) >= 11 is 0. The number of rotatable bonds is 6. The van der Waals surface area contributed by atoms with Crippen LogP contribution in [0.4, 0.5) is 0 Å². The number of aryl methyl sites for hydroxylation is 2. The molecule has 2 aromatic heterocycles. The van der Waals surface area contributed by atoms with E-state index in [1.165, 1.54) is 6.33 Å². The first-order valence-electron chi connectivity index (χ1n) is 8.16. The van der Waals surface area contributed by atoms with Gasteiger partial charge in [0.1, 0.15) is 24.0 Å². The van der Waals surface area contributed by atoms with E-state index in [1.54, 1.807) is 11.0 Å². The molecule has 1 atom stereocenters. The maximum absolute atomic E-state index is 12.3. The number of furan rings is 1. The van der Waals surface area contributed by atoms with Crippen molar-refractivity contribution < 1.29 is 9.21 Å². The van der Waals surface area contributed by atoms with Gasteiger partial charge in [-0.2, -0.15) is 5.10 Å². The first kappa shape index (κ1) is 16.2. The average molecular weight is 326 g/mol. The summed E-state index contributed by atoms with van der Waals surface area (Å²) in [5, 5.41) is 8.21. The third-order valence-corrected chi connectivity index (χ3v) is 4.18. The Labute approximate surface area is 140 Å². The van der Waals surface area contributed by atoms with Crippen LogP contribution in [0, 0.1) is 12.8 Å². The molecule has 0 radical (unpaired) electrons. The second-order valence-electron chi connectivity index (χ2n) is 6.29. The molecular weight excluding hydrogens is 304 g/mol. The number of para-hydroxylation sites is 1. The van der Waals surface area contributed by atoms with Gasteiger partial charge in [-0.15, -0.1) is 0 Å². The summed E-state index contributed by atoms with van der Waals surface area (Å²) in [7, 11) is 0. The highest BCUT2D eigenvalue weighted by Crippen LogP contribution is 2.32. The zero-order chi connectivity index (χ0) is 17.1. The topological polar surface area (TPSA) is 73.0 Å². The van der Waals surface area contributed by atoms with Crippen molar-refractivity contribution in [2.24, 2.45) is 5.92 Å². The Morgan fingerprint density at radius 1 is 1.33 bits per heavy atom. The van der Waals surface area contributed by atoms with Crippen LogP contribution in [0.2, 0.25) is 0 Å². The predicted octanol–water partition coefficient (Wildman–Crippen LogP) is 3.24. The Hall–Kier alpha value is -2.63. The molecule has 0 fully saturated rings. The molecule has 0 aliphatic carbocycles. The Kier molecular flexibility index (Phi) is 4.64. The van der Waals surface area contributed by atoms with Crippen molar-refractivity contribution in [3.8, 4) is 0 Å². The average Bonchev–Trinajstić information content (AvgIpc) is 3.19. The summed E-state index contributed by atoms with van der Waals surface area (Å²) in [6, 6.07) is 7.80. The fourth-order valence-electron chi connectivity index (χ4n) is 2.83. The van der Waals surface area contributed by atoms with Crippen LogP contribution in [-0.2, 0) is 11.3 Å². The van der Waals surface area contributed by atoms with E-state index in [1.807, 2.05) is 31.2 Å². The highest BCUT2D eigenvalue weighted by atomic mass is 16.3. The summed E-state index contributed by atoms with van der Waals surface area (Å²) in [5.41, 5.74) is 1.94. The van der Waals surface area contributed by atoms with E-state index in [0.717, 1.165) is 22.3 Å². The van der Waals surface area contributed by atoms with Gasteiger partial charge in [-0.25, -0.2) is 4.98 Å². The molecule has 3 aromatic rings. The monoisotopic (exact) mass is 326 g/mol. The fourth-order valence-corrected chi connectivity index (χ4v) is 2.83. The maximum atomic E-state index is 12.3. The lowest BCUT2D eigenvalue weighted by Crippen LogP contribution is -2.32. The Balaban J connectivity index is 1.76. The molecule has 1 unspecified atom stereocenters. The molecule has 0 saturated carbocycles. The molecule has 1 aromatic carbocycles. The number of nitrogens with zero attached hydrogens (tertiary/aromatic N) is 3. The van der Waals surface area contributed by atoms with Crippen LogP contribution in [0.15, 0.2) is 41.3 Å². The van der Waals surface area contributed by atoms with Crippen molar-refractivity contribution in [3.05, 3.63) is 48.2 Å². The zero-order valence-electron chi connectivity index (χ0n) is 14.2. The second-order valence-corrected chi connectivity index (χ2v) is 6.29. The van der Waals surface area contributed by atoms with Crippen molar-refractivity contribution in [3.63, 3.8) is 0 Å². The SMILES string of the molecule is Cc1c(C(NC(=O)CCn2cncn2)C(C)C)oc2ccccc12. The predicted molar refractivity (Wildman–Crippen MR) is 91.3 cm³/mol. The minimum Gasteiger partial charge on any atom is -0.459 e. The molecule has 126 valence electrons. The Morgan fingerprint density at radius 2 is 2.12 bits per heavy atom. The molecule has 1 amide bonds.